The van der Waals surface area contributed by atoms with Gasteiger partial charge in [0, 0.05) is 37.1 Å². The van der Waals surface area contributed by atoms with Crippen LogP contribution in [0.15, 0.2) is 52.7 Å². The largest absolute Gasteiger partial charge is 0.497 e. The molecule has 9 heteroatoms. The summed E-state index contributed by atoms with van der Waals surface area (Å²) in [5.41, 5.74) is 2.42. The quantitative estimate of drug-likeness (QED) is 0.596. The highest BCUT2D eigenvalue weighted by molar-refractivity contribution is 7.89. The van der Waals surface area contributed by atoms with E-state index in [9.17, 15) is 12.8 Å². The molecule has 0 atom stereocenters. The van der Waals surface area contributed by atoms with Crippen molar-refractivity contribution in [1.82, 2.24) is 9.29 Å². The smallest absolute Gasteiger partial charge is 0.243 e. The lowest BCUT2D eigenvalue weighted by Gasteiger charge is -2.34. The van der Waals surface area contributed by atoms with Crippen LogP contribution in [0.2, 0.25) is 0 Å². The number of methoxy groups -OCH3 is 1. The van der Waals surface area contributed by atoms with Crippen LogP contribution in [0, 0.1) is 12.7 Å². The SMILES string of the molecule is COc1ccc(-c2csc(N3CCN(S(=O)(=O)c4cc(F)ccc4C)CC3)n2)cc1. The molecule has 4 rings (SSSR count). The third kappa shape index (κ3) is 4.05. The number of ether oxygens (including phenoxy) is 1. The van der Waals surface area contributed by atoms with E-state index < -0.39 is 15.8 Å². The summed E-state index contributed by atoms with van der Waals surface area (Å²) < 4.78 is 46.1. The minimum atomic E-state index is -3.73. The number of aromatic nitrogens is 1. The van der Waals surface area contributed by atoms with Crippen LogP contribution in [0.4, 0.5) is 9.52 Å². The van der Waals surface area contributed by atoms with E-state index in [2.05, 4.69) is 4.90 Å². The standard InChI is InChI=1S/C21H22FN3O3S2/c1-15-3-6-17(22)13-20(15)30(26,27)25-11-9-24(10-12-25)21-23-19(14-29-21)16-4-7-18(28-2)8-5-16/h3-8,13-14H,9-12H2,1-2H3. The fourth-order valence-corrected chi connectivity index (χ4v) is 5.96. The van der Waals surface area contributed by atoms with Gasteiger partial charge in [0.25, 0.3) is 0 Å². The number of piperazine rings is 1. The number of nitrogens with zero attached hydrogens (tertiary/aromatic N) is 3. The van der Waals surface area contributed by atoms with Crippen LogP contribution in [0.5, 0.6) is 5.75 Å². The minimum Gasteiger partial charge on any atom is -0.497 e. The summed E-state index contributed by atoms with van der Waals surface area (Å²) in [7, 11) is -2.10. The van der Waals surface area contributed by atoms with E-state index in [4.69, 9.17) is 9.72 Å². The second kappa shape index (κ2) is 8.33. The zero-order valence-corrected chi connectivity index (χ0v) is 18.3. The molecular weight excluding hydrogens is 425 g/mol. The molecule has 0 saturated carbocycles. The maximum Gasteiger partial charge on any atom is 0.243 e. The second-order valence-corrected chi connectivity index (χ2v) is 9.79. The van der Waals surface area contributed by atoms with Crippen molar-refractivity contribution in [3.8, 4) is 17.0 Å². The normalized spacial score (nSPS) is 15.4. The summed E-state index contributed by atoms with van der Waals surface area (Å²) in [4.78, 5) is 6.84. The lowest BCUT2D eigenvalue weighted by molar-refractivity contribution is 0.384. The maximum atomic E-state index is 13.6. The van der Waals surface area contributed by atoms with Gasteiger partial charge in [-0.2, -0.15) is 4.31 Å². The Hall–Kier alpha value is -2.49. The molecule has 1 fully saturated rings. The molecule has 30 heavy (non-hydrogen) atoms. The molecular formula is C21H22FN3O3S2. The first-order chi connectivity index (χ1) is 14.4. The average molecular weight is 448 g/mol. The van der Waals surface area contributed by atoms with Gasteiger partial charge in [0.1, 0.15) is 11.6 Å². The van der Waals surface area contributed by atoms with Crippen LogP contribution in [0.1, 0.15) is 5.56 Å². The Morgan fingerprint density at radius 2 is 1.77 bits per heavy atom. The Bertz CT molecular complexity index is 1140. The number of halogens is 1. The predicted octanol–water partition coefficient (Wildman–Crippen LogP) is 3.78. The Morgan fingerprint density at radius 1 is 1.07 bits per heavy atom. The zero-order chi connectivity index (χ0) is 21.3. The van der Waals surface area contributed by atoms with Crippen molar-refractivity contribution in [2.75, 3.05) is 38.2 Å². The van der Waals surface area contributed by atoms with Gasteiger partial charge in [0.05, 0.1) is 17.7 Å². The van der Waals surface area contributed by atoms with Crippen molar-refractivity contribution < 1.29 is 17.5 Å². The molecule has 0 amide bonds. The number of rotatable bonds is 5. The van der Waals surface area contributed by atoms with E-state index in [0.29, 0.717) is 31.7 Å². The molecule has 1 saturated heterocycles. The lowest BCUT2D eigenvalue weighted by atomic mass is 10.2. The molecule has 0 spiro atoms. The Morgan fingerprint density at radius 3 is 2.43 bits per heavy atom. The fourth-order valence-electron chi connectivity index (χ4n) is 3.41. The van der Waals surface area contributed by atoms with Crippen LogP contribution >= 0.6 is 11.3 Å². The van der Waals surface area contributed by atoms with Crippen molar-refractivity contribution in [3.63, 3.8) is 0 Å². The molecule has 0 aliphatic carbocycles. The molecule has 1 aliphatic heterocycles. The summed E-state index contributed by atoms with van der Waals surface area (Å²) in [5, 5.41) is 2.86. The van der Waals surface area contributed by atoms with E-state index in [1.165, 1.54) is 27.8 Å². The summed E-state index contributed by atoms with van der Waals surface area (Å²) in [6.45, 7) is 3.40. The Kier molecular flexibility index (Phi) is 5.77. The molecule has 3 aromatic rings. The number of thiazole rings is 1. The van der Waals surface area contributed by atoms with Crippen LogP contribution in [0.3, 0.4) is 0 Å². The minimum absolute atomic E-state index is 0.0343. The van der Waals surface area contributed by atoms with Crippen LogP contribution in [-0.4, -0.2) is 51.0 Å². The van der Waals surface area contributed by atoms with Crippen molar-refractivity contribution >= 4 is 26.5 Å². The number of hydrogen-bond acceptors (Lipinski definition) is 6. The molecule has 0 bridgehead atoms. The van der Waals surface area contributed by atoms with Gasteiger partial charge in [-0.25, -0.2) is 17.8 Å². The monoisotopic (exact) mass is 447 g/mol. The van der Waals surface area contributed by atoms with E-state index in [-0.39, 0.29) is 4.90 Å². The lowest BCUT2D eigenvalue weighted by Crippen LogP contribution is -2.48. The molecule has 158 valence electrons. The average Bonchev–Trinajstić information content (AvgIpc) is 3.26. The van der Waals surface area contributed by atoms with E-state index in [1.54, 1.807) is 14.0 Å². The summed E-state index contributed by atoms with van der Waals surface area (Å²) in [6, 6.07) is 11.6. The molecule has 0 unspecified atom stereocenters. The summed E-state index contributed by atoms with van der Waals surface area (Å²) in [5.74, 6) is 0.242. The van der Waals surface area contributed by atoms with E-state index >= 15 is 0 Å². The zero-order valence-electron chi connectivity index (χ0n) is 16.7. The van der Waals surface area contributed by atoms with Crippen molar-refractivity contribution in [2.24, 2.45) is 0 Å². The van der Waals surface area contributed by atoms with Gasteiger partial charge in [-0.3, -0.25) is 0 Å². The highest BCUT2D eigenvalue weighted by Gasteiger charge is 2.30. The van der Waals surface area contributed by atoms with Gasteiger partial charge in [0.15, 0.2) is 5.13 Å². The van der Waals surface area contributed by atoms with Crippen molar-refractivity contribution in [1.29, 1.82) is 0 Å². The first-order valence-corrected chi connectivity index (χ1v) is 11.8. The molecule has 2 aromatic carbocycles. The highest BCUT2D eigenvalue weighted by Crippen LogP contribution is 2.30. The predicted molar refractivity (Wildman–Crippen MR) is 116 cm³/mol. The third-order valence-corrected chi connectivity index (χ3v) is 8.10. The van der Waals surface area contributed by atoms with Gasteiger partial charge < -0.3 is 9.64 Å². The number of anilines is 1. The molecule has 0 N–H and O–H groups in total. The third-order valence-electron chi connectivity index (χ3n) is 5.16. The second-order valence-electron chi connectivity index (χ2n) is 7.04. The van der Waals surface area contributed by atoms with Crippen molar-refractivity contribution in [2.45, 2.75) is 11.8 Å². The Labute approximate surface area is 179 Å². The molecule has 0 radical (unpaired) electrons. The van der Waals surface area contributed by atoms with Gasteiger partial charge >= 0.3 is 0 Å². The van der Waals surface area contributed by atoms with Crippen LogP contribution in [-0.2, 0) is 10.0 Å². The molecule has 1 aromatic heterocycles. The molecule has 1 aliphatic rings. The topological polar surface area (TPSA) is 62.7 Å². The van der Waals surface area contributed by atoms with Gasteiger partial charge in [-0.15, -0.1) is 11.3 Å². The number of aryl methyl sites for hydroxylation is 1. The number of hydrogen-bond donors (Lipinski definition) is 0. The van der Waals surface area contributed by atoms with Gasteiger partial charge in [-0.1, -0.05) is 6.07 Å². The molecule has 6 nitrogen and oxygen atoms in total. The molecule has 2 heterocycles. The van der Waals surface area contributed by atoms with Crippen molar-refractivity contribution in [3.05, 3.63) is 59.2 Å². The summed E-state index contributed by atoms with van der Waals surface area (Å²) in [6.07, 6.45) is 0. The first kappa shape index (κ1) is 20.8. The van der Waals surface area contributed by atoms with E-state index in [0.717, 1.165) is 28.2 Å². The van der Waals surface area contributed by atoms with Gasteiger partial charge in [-0.05, 0) is 48.9 Å². The number of sulfonamides is 1. The maximum absolute atomic E-state index is 13.6. The van der Waals surface area contributed by atoms with Gasteiger partial charge in [0.2, 0.25) is 10.0 Å². The number of benzene rings is 2. The van der Waals surface area contributed by atoms with E-state index in [1.807, 2.05) is 29.6 Å². The fraction of sp³-hybridized carbons (Fsp3) is 0.286. The van der Waals surface area contributed by atoms with Crippen LogP contribution in [0.25, 0.3) is 11.3 Å². The van der Waals surface area contributed by atoms with Crippen LogP contribution < -0.4 is 9.64 Å². The summed E-state index contributed by atoms with van der Waals surface area (Å²) >= 11 is 1.54. The Balaban J connectivity index is 1.46. The highest BCUT2D eigenvalue weighted by atomic mass is 32.2. The first-order valence-electron chi connectivity index (χ1n) is 9.50.